The summed E-state index contributed by atoms with van der Waals surface area (Å²) in [7, 11) is 4.57. The number of rotatable bonds is 7. The molecule has 0 aliphatic heterocycles. The molecule has 0 saturated heterocycles. The van der Waals surface area contributed by atoms with Crippen LogP contribution < -0.4 is 19.5 Å². The number of methoxy groups -OCH3 is 3. The number of carbonyl (C=O) groups is 1. The number of benzene rings is 2. The summed E-state index contributed by atoms with van der Waals surface area (Å²) in [6.45, 7) is 0. The van der Waals surface area contributed by atoms with Gasteiger partial charge in [0.05, 0.1) is 21.3 Å². The van der Waals surface area contributed by atoms with E-state index in [4.69, 9.17) is 18.6 Å². The summed E-state index contributed by atoms with van der Waals surface area (Å²) in [6, 6.07) is 10.8. The van der Waals surface area contributed by atoms with Gasteiger partial charge in [0.25, 0.3) is 5.91 Å². The lowest BCUT2D eigenvalue weighted by molar-refractivity contribution is -0.112. The first kappa shape index (κ1) is 20.4. The zero-order chi connectivity index (χ0) is 20.8. The molecule has 0 spiro atoms. The lowest BCUT2D eigenvalue weighted by atomic mass is 10.1. The molecule has 1 N–H and O–H groups in total. The van der Waals surface area contributed by atoms with Gasteiger partial charge in [-0.15, -0.1) is 5.10 Å². The molecular formula is C20H18BrN3O5. The predicted molar refractivity (Wildman–Crippen MR) is 111 cm³/mol. The van der Waals surface area contributed by atoms with Crippen molar-refractivity contribution in [2.45, 2.75) is 0 Å². The molecule has 0 saturated carbocycles. The van der Waals surface area contributed by atoms with Gasteiger partial charge in [-0.05, 0) is 42.0 Å². The van der Waals surface area contributed by atoms with E-state index in [1.165, 1.54) is 27.4 Å². The van der Waals surface area contributed by atoms with Crippen LogP contribution in [-0.2, 0) is 4.79 Å². The number of anilines is 1. The van der Waals surface area contributed by atoms with Crippen LogP contribution in [0.1, 0.15) is 5.56 Å². The molecule has 29 heavy (non-hydrogen) atoms. The van der Waals surface area contributed by atoms with Crippen LogP contribution >= 0.6 is 15.9 Å². The van der Waals surface area contributed by atoms with Gasteiger partial charge in [0.15, 0.2) is 11.5 Å². The predicted octanol–water partition coefficient (Wildman–Crippen LogP) is 4.18. The van der Waals surface area contributed by atoms with Crippen molar-refractivity contribution >= 4 is 33.9 Å². The highest BCUT2D eigenvalue weighted by Gasteiger charge is 2.13. The molecule has 0 bridgehead atoms. The second-order valence-corrected chi connectivity index (χ2v) is 6.62. The third-order valence-corrected chi connectivity index (χ3v) is 4.33. The molecule has 0 aliphatic carbocycles. The Morgan fingerprint density at radius 2 is 1.79 bits per heavy atom. The Morgan fingerprint density at radius 3 is 2.41 bits per heavy atom. The second-order valence-electron chi connectivity index (χ2n) is 5.70. The molecule has 3 aromatic rings. The molecular weight excluding hydrogens is 442 g/mol. The van der Waals surface area contributed by atoms with Crippen LogP contribution in [0.25, 0.3) is 17.5 Å². The number of nitrogens with zero attached hydrogens (tertiary/aromatic N) is 2. The molecule has 8 nitrogen and oxygen atoms in total. The Balaban J connectivity index is 1.72. The largest absolute Gasteiger partial charge is 0.493 e. The number of carbonyl (C=O) groups excluding carboxylic acids is 1. The van der Waals surface area contributed by atoms with Gasteiger partial charge in [0.1, 0.15) is 0 Å². The van der Waals surface area contributed by atoms with Gasteiger partial charge >= 0.3 is 6.01 Å². The van der Waals surface area contributed by atoms with Crippen molar-refractivity contribution in [3.63, 3.8) is 0 Å². The molecule has 3 rings (SSSR count). The number of aromatic nitrogens is 2. The van der Waals surface area contributed by atoms with E-state index < -0.39 is 5.91 Å². The Kier molecular flexibility index (Phi) is 6.50. The highest BCUT2D eigenvalue weighted by molar-refractivity contribution is 9.10. The fraction of sp³-hybridized carbons (Fsp3) is 0.150. The third kappa shape index (κ3) is 4.94. The summed E-state index contributed by atoms with van der Waals surface area (Å²) in [5.41, 5.74) is 1.43. The van der Waals surface area contributed by atoms with Crippen LogP contribution in [-0.4, -0.2) is 37.4 Å². The minimum atomic E-state index is -0.428. The van der Waals surface area contributed by atoms with Crippen LogP contribution in [0, 0.1) is 0 Å². The maximum absolute atomic E-state index is 12.2. The van der Waals surface area contributed by atoms with Crippen LogP contribution in [0.3, 0.4) is 0 Å². The summed E-state index contributed by atoms with van der Waals surface area (Å²) in [4.78, 5) is 12.2. The number of amides is 1. The summed E-state index contributed by atoms with van der Waals surface area (Å²) < 4.78 is 22.2. The minimum Gasteiger partial charge on any atom is -0.493 e. The van der Waals surface area contributed by atoms with Crippen molar-refractivity contribution in [1.29, 1.82) is 0 Å². The van der Waals surface area contributed by atoms with E-state index in [-0.39, 0.29) is 6.01 Å². The average molecular weight is 460 g/mol. The monoisotopic (exact) mass is 459 g/mol. The summed E-state index contributed by atoms with van der Waals surface area (Å²) >= 11 is 3.38. The third-order valence-electron chi connectivity index (χ3n) is 3.84. The lowest BCUT2D eigenvalue weighted by Crippen LogP contribution is -2.07. The van der Waals surface area contributed by atoms with Gasteiger partial charge in [-0.3, -0.25) is 10.1 Å². The first-order valence-electron chi connectivity index (χ1n) is 8.42. The van der Waals surface area contributed by atoms with Gasteiger partial charge in [-0.25, -0.2) is 0 Å². The zero-order valence-electron chi connectivity index (χ0n) is 15.9. The fourth-order valence-corrected chi connectivity index (χ4v) is 2.93. The molecule has 1 amide bonds. The van der Waals surface area contributed by atoms with Crippen LogP contribution in [0.4, 0.5) is 6.01 Å². The number of hydrogen-bond donors (Lipinski definition) is 1. The van der Waals surface area contributed by atoms with E-state index in [2.05, 4.69) is 31.4 Å². The van der Waals surface area contributed by atoms with Crippen LogP contribution in [0.2, 0.25) is 0 Å². The van der Waals surface area contributed by atoms with Gasteiger partial charge < -0.3 is 18.6 Å². The highest BCUT2D eigenvalue weighted by Crippen LogP contribution is 2.38. The van der Waals surface area contributed by atoms with Gasteiger partial charge in [-0.1, -0.05) is 27.1 Å². The van der Waals surface area contributed by atoms with Gasteiger partial charge in [0, 0.05) is 16.1 Å². The molecule has 1 aromatic heterocycles. The SMILES string of the molecule is COc1cc(/C=C/C(=O)Nc2nnc(-c3cccc(Br)c3)o2)cc(OC)c1OC. The normalized spacial score (nSPS) is 10.8. The van der Waals surface area contributed by atoms with Gasteiger partial charge in [-0.2, -0.15) is 0 Å². The number of nitrogens with one attached hydrogen (secondary N) is 1. The summed E-state index contributed by atoms with van der Waals surface area (Å²) in [6.07, 6.45) is 2.94. The quantitative estimate of drug-likeness (QED) is 0.529. The summed E-state index contributed by atoms with van der Waals surface area (Å²) in [5.74, 6) is 1.32. The standard InChI is InChI=1S/C20H18BrN3O5/c1-26-15-9-12(10-16(27-2)18(15)28-3)7-8-17(25)22-20-24-23-19(29-20)13-5-4-6-14(21)11-13/h4-11H,1-3H3,(H,22,24,25)/b8-7+. The molecule has 0 aliphatic rings. The lowest BCUT2D eigenvalue weighted by Gasteiger charge is -2.12. The van der Waals surface area contributed by atoms with Gasteiger partial charge in [0.2, 0.25) is 11.6 Å². The smallest absolute Gasteiger partial charge is 0.322 e. The van der Waals surface area contributed by atoms with Crippen molar-refractivity contribution in [2.24, 2.45) is 0 Å². The van der Waals surface area contributed by atoms with Crippen molar-refractivity contribution < 1.29 is 23.4 Å². The minimum absolute atomic E-state index is 0.000447. The van der Waals surface area contributed by atoms with E-state index in [1.807, 2.05) is 24.3 Å². The Hall–Kier alpha value is -3.33. The molecule has 2 aromatic carbocycles. The zero-order valence-corrected chi connectivity index (χ0v) is 17.5. The first-order chi connectivity index (χ1) is 14.0. The van der Waals surface area contributed by atoms with Crippen LogP contribution in [0.15, 0.2) is 51.4 Å². The Bertz CT molecular complexity index is 1020. The molecule has 150 valence electrons. The molecule has 0 atom stereocenters. The van der Waals surface area contributed by atoms with E-state index >= 15 is 0 Å². The Morgan fingerprint density at radius 1 is 1.07 bits per heavy atom. The summed E-state index contributed by atoms with van der Waals surface area (Å²) in [5, 5.41) is 10.3. The second kappa shape index (κ2) is 9.24. The number of halogens is 1. The maximum atomic E-state index is 12.2. The molecule has 0 unspecified atom stereocenters. The topological polar surface area (TPSA) is 95.7 Å². The first-order valence-corrected chi connectivity index (χ1v) is 9.22. The van der Waals surface area contributed by atoms with E-state index in [1.54, 1.807) is 18.2 Å². The maximum Gasteiger partial charge on any atom is 0.322 e. The molecule has 0 fully saturated rings. The molecule has 9 heteroatoms. The highest BCUT2D eigenvalue weighted by atomic mass is 79.9. The Labute approximate surface area is 175 Å². The van der Waals surface area contributed by atoms with E-state index in [0.29, 0.717) is 28.7 Å². The van der Waals surface area contributed by atoms with Crippen molar-refractivity contribution in [2.75, 3.05) is 26.6 Å². The van der Waals surface area contributed by atoms with Crippen LogP contribution in [0.5, 0.6) is 17.2 Å². The molecule has 1 heterocycles. The van der Waals surface area contributed by atoms with E-state index in [0.717, 1.165) is 10.0 Å². The van der Waals surface area contributed by atoms with Crippen molar-refractivity contribution in [1.82, 2.24) is 10.2 Å². The van der Waals surface area contributed by atoms with Crippen molar-refractivity contribution in [3.05, 3.63) is 52.5 Å². The number of hydrogen-bond acceptors (Lipinski definition) is 7. The number of ether oxygens (including phenoxy) is 3. The van der Waals surface area contributed by atoms with Crippen molar-refractivity contribution in [3.8, 4) is 28.7 Å². The average Bonchev–Trinajstić information content (AvgIpc) is 3.19. The molecule has 0 radical (unpaired) electrons. The van der Waals surface area contributed by atoms with E-state index in [9.17, 15) is 4.79 Å². The fourth-order valence-electron chi connectivity index (χ4n) is 2.53.